The molecule has 0 N–H and O–H groups in total. The lowest BCUT2D eigenvalue weighted by molar-refractivity contribution is 0.0704. The maximum atomic E-state index is 13.0. The van der Waals surface area contributed by atoms with E-state index in [1.807, 2.05) is 0 Å². The van der Waals surface area contributed by atoms with E-state index in [9.17, 15) is 9.59 Å². The summed E-state index contributed by atoms with van der Waals surface area (Å²) in [6, 6.07) is 17.9. The number of rotatable bonds is 5. The van der Waals surface area contributed by atoms with Gasteiger partial charge >= 0.3 is 5.97 Å². The molecule has 0 aliphatic rings. The third kappa shape index (κ3) is 4.09. The quantitative estimate of drug-likeness (QED) is 0.211. The zero-order chi connectivity index (χ0) is 23.8. The number of aryl methyl sites for hydroxylation is 1. The molecule has 0 unspecified atom stereocenters. The molecule has 0 aliphatic heterocycles. The molecule has 34 heavy (non-hydrogen) atoms. The number of esters is 1. The van der Waals surface area contributed by atoms with Gasteiger partial charge in [0.1, 0.15) is 34.2 Å². The summed E-state index contributed by atoms with van der Waals surface area (Å²) in [6.07, 6.45) is 0. The molecule has 0 bridgehead atoms. The van der Waals surface area contributed by atoms with Crippen molar-refractivity contribution >= 4 is 39.5 Å². The lowest BCUT2D eigenvalue weighted by atomic mass is 10.2. The molecule has 5 rings (SSSR count). The van der Waals surface area contributed by atoms with Crippen molar-refractivity contribution in [3.63, 3.8) is 0 Å². The highest BCUT2D eigenvalue weighted by molar-refractivity contribution is 6.31. The van der Waals surface area contributed by atoms with Crippen LogP contribution in [0.2, 0.25) is 5.02 Å². The SMILES string of the molecule is COc1ccc(Oc2c(C)oc3cc(OC(=O)c4cc5cc(Cl)ccc5o4)ccc3c2=O)cc1. The lowest BCUT2D eigenvalue weighted by Crippen LogP contribution is -2.09. The van der Waals surface area contributed by atoms with Gasteiger partial charge in [0, 0.05) is 16.5 Å². The molecule has 5 aromatic rings. The Kier molecular flexibility index (Phi) is 5.47. The van der Waals surface area contributed by atoms with Gasteiger partial charge in [0.05, 0.1) is 12.5 Å². The number of carbonyl (C=O) groups is 1. The van der Waals surface area contributed by atoms with E-state index in [1.165, 1.54) is 18.2 Å². The van der Waals surface area contributed by atoms with Gasteiger partial charge in [-0.05, 0) is 67.6 Å². The molecular formula is C26H17ClO7. The highest BCUT2D eigenvalue weighted by Gasteiger charge is 2.18. The summed E-state index contributed by atoms with van der Waals surface area (Å²) in [5.41, 5.74) is 0.425. The van der Waals surface area contributed by atoms with Crippen molar-refractivity contribution in [2.24, 2.45) is 0 Å². The summed E-state index contributed by atoms with van der Waals surface area (Å²) >= 11 is 5.98. The van der Waals surface area contributed by atoms with E-state index >= 15 is 0 Å². The molecule has 0 atom stereocenters. The first-order valence-electron chi connectivity index (χ1n) is 10.2. The Labute approximate surface area is 198 Å². The van der Waals surface area contributed by atoms with Crippen molar-refractivity contribution in [3.8, 4) is 23.0 Å². The Balaban J connectivity index is 1.42. The van der Waals surface area contributed by atoms with Crippen LogP contribution in [-0.2, 0) is 0 Å². The van der Waals surface area contributed by atoms with Gasteiger partial charge in [0.25, 0.3) is 0 Å². The number of hydrogen-bond donors (Lipinski definition) is 0. The summed E-state index contributed by atoms with van der Waals surface area (Å²) in [5, 5.41) is 1.50. The van der Waals surface area contributed by atoms with Gasteiger partial charge < -0.3 is 23.0 Å². The van der Waals surface area contributed by atoms with Crippen LogP contribution in [0.25, 0.3) is 21.9 Å². The van der Waals surface area contributed by atoms with E-state index in [4.69, 9.17) is 34.6 Å². The number of hydrogen-bond acceptors (Lipinski definition) is 7. The molecule has 0 amide bonds. The third-order valence-electron chi connectivity index (χ3n) is 5.16. The standard InChI is InChI=1S/C26H17ClO7/c1-14-25(32-18-6-4-17(30-2)5-7-18)24(28)20-9-8-19(13-22(20)31-14)33-26(29)23-12-15-11-16(27)3-10-21(15)34-23/h3-13H,1-2H3. The largest absolute Gasteiger partial charge is 0.497 e. The lowest BCUT2D eigenvalue weighted by Gasteiger charge is -2.10. The predicted octanol–water partition coefficient (Wildman–Crippen LogP) is 6.52. The Hall–Kier alpha value is -4.23. The van der Waals surface area contributed by atoms with Crippen LogP contribution in [0.15, 0.2) is 80.4 Å². The van der Waals surface area contributed by atoms with Crippen molar-refractivity contribution in [1.29, 1.82) is 0 Å². The van der Waals surface area contributed by atoms with Crippen molar-refractivity contribution < 1.29 is 27.8 Å². The van der Waals surface area contributed by atoms with Gasteiger partial charge in [-0.2, -0.15) is 0 Å². The summed E-state index contributed by atoms with van der Waals surface area (Å²) in [5.74, 6) is 1.02. The normalized spacial score (nSPS) is 11.0. The fraction of sp³-hybridized carbons (Fsp3) is 0.0769. The van der Waals surface area contributed by atoms with Crippen molar-refractivity contribution in [2.45, 2.75) is 6.92 Å². The minimum atomic E-state index is -0.690. The molecule has 0 radical (unpaired) electrons. The predicted molar refractivity (Wildman–Crippen MR) is 126 cm³/mol. The smallest absolute Gasteiger partial charge is 0.379 e. The Morgan fingerprint density at radius 2 is 1.59 bits per heavy atom. The van der Waals surface area contributed by atoms with E-state index in [-0.39, 0.29) is 39.4 Å². The monoisotopic (exact) mass is 476 g/mol. The number of halogens is 1. The minimum Gasteiger partial charge on any atom is -0.497 e. The first kappa shape index (κ1) is 21.6. The van der Waals surface area contributed by atoms with Crippen LogP contribution in [0.5, 0.6) is 23.0 Å². The van der Waals surface area contributed by atoms with Crippen LogP contribution >= 0.6 is 11.6 Å². The number of methoxy groups -OCH3 is 1. The molecule has 0 aliphatic carbocycles. The van der Waals surface area contributed by atoms with Gasteiger partial charge in [-0.15, -0.1) is 0 Å². The van der Waals surface area contributed by atoms with Crippen LogP contribution in [0.3, 0.4) is 0 Å². The van der Waals surface area contributed by atoms with Gasteiger partial charge in [0.2, 0.25) is 16.9 Å². The Bertz CT molecular complexity index is 1600. The first-order chi connectivity index (χ1) is 16.4. The maximum absolute atomic E-state index is 13.0. The average Bonchev–Trinajstić information content (AvgIpc) is 3.25. The van der Waals surface area contributed by atoms with Crippen LogP contribution < -0.4 is 19.6 Å². The molecule has 8 heteroatoms. The second kappa shape index (κ2) is 8.61. The molecule has 2 aromatic heterocycles. The van der Waals surface area contributed by atoms with Crippen molar-refractivity contribution in [2.75, 3.05) is 7.11 Å². The summed E-state index contributed by atoms with van der Waals surface area (Å²) in [6.45, 7) is 1.62. The first-order valence-corrected chi connectivity index (χ1v) is 10.6. The maximum Gasteiger partial charge on any atom is 0.379 e. The van der Waals surface area contributed by atoms with Crippen molar-refractivity contribution in [3.05, 3.63) is 93.5 Å². The molecule has 0 fully saturated rings. The molecule has 0 saturated heterocycles. The number of furan rings is 1. The molecule has 0 spiro atoms. The second-order valence-electron chi connectivity index (χ2n) is 7.43. The second-order valence-corrected chi connectivity index (χ2v) is 7.87. The van der Waals surface area contributed by atoms with E-state index in [2.05, 4.69) is 0 Å². The zero-order valence-electron chi connectivity index (χ0n) is 18.1. The molecule has 7 nitrogen and oxygen atoms in total. The minimum absolute atomic E-state index is 0.0261. The zero-order valence-corrected chi connectivity index (χ0v) is 18.8. The highest BCUT2D eigenvalue weighted by atomic mass is 35.5. The van der Waals surface area contributed by atoms with Crippen LogP contribution in [0.4, 0.5) is 0 Å². The molecule has 0 saturated carbocycles. The number of benzene rings is 3. The fourth-order valence-corrected chi connectivity index (χ4v) is 3.66. The van der Waals surface area contributed by atoms with E-state index in [0.717, 1.165) is 0 Å². The van der Waals surface area contributed by atoms with Gasteiger partial charge in [-0.1, -0.05) is 11.6 Å². The summed E-state index contributed by atoms with van der Waals surface area (Å²) in [4.78, 5) is 25.6. The van der Waals surface area contributed by atoms with E-state index < -0.39 is 5.97 Å². The number of ether oxygens (including phenoxy) is 3. The third-order valence-corrected chi connectivity index (χ3v) is 5.39. The Morgan fingerprint density at radius 1 is 0.853 bits per heavy atom. The average molecular weight is 477 g/mol. The Morgan fingerprint density at radius 3 is 2.35 bits per heavy atom. The fourth-order valence-electron chi connectivity index (χ4n) is 3.48. The molecular weight excluding hydrogens is 460 g/mol. The number of fused-ring (bicyclic) bond motifs is 2. The van der Waals surface area contributed by atoms with Crippen LogP contribution in [0, 0.1) is 6.92 Å². The summed E-state index contributed by atoms with van der Waals surface area (Å²) in [7, 11) is 1.57. The van der Waals surface area contributed by atoms with Gasteiger partial charge in [-0.3, -0.25) is 4.79 Å². The van der Waals surface area contributed by atoms with Crippen LogP contribution in [0.1, 0.15) is 16.3 Å². The van der Waals surface area contributed by atoms with Crippen molar-refractivity contribution in [1.82, 2.24) is 0 Å². The molecule has 3 aromatic carbocycles. The van der Waals surface area contributed by atoms with Crippen LogP contribution in [-0.4, -0.2) is 13.1 Å². The van der Waals surface area contributed by atoms with Gasteiger partial charge in [0.15, 0.2) is 0 Å². The summed E-state index contributed by atoms with van der Waals surface area (Å²) < 4.78 is 27.7. The molecule has 2 heterocycles. The number of carbonyl (C=O) groups excluding carboxylic acids is 1. The topological polar surface area (TPSA) is 88.1 Å². The molecule has 170 valence electrons. The highest BCUT2D eigenvalue weighted by Crippen LogP contribution is 2.29. The van der Waals surface area contributed by atoms with E-state index in [0.29, 0.717) is 27.5 Å². The van der Waals surface area contributed by atoms with E-state index in [1.54, 1.807) is 62.6 Å². The van der Waals surface area contributed by atoms with Gasteiger partial charge in [-0.25, -0.2) is 4.79 Å².